The Kier molecular flexibility index (Phi) is 6.16. The highest BCUT2D eigenvalue weighted by molar-refractivity contribution is 8.01. The summed E-state index contributed by atoms with van der Waals surface area (Å²) in [4.78, 5) is 23.3. The van der Waals surface area contributed by atoms with Gasteiger partial charge in [-0.25, -0.2) is 4.79 Å². The zero-order valence-electron chi connectivity index (χ0n) is 12.0. The molecule has 0 atom stereocenters. The molecule has 22 heavy (non-hydrogen) atoms. The maximum absolute atomic E-state index is 11.7. The van der Waals surface area contributed by atoms with E-state index in [1.54, 1.807) is 6.07 Å². The lowest BCUT2D eigenvalue weighted by Gasteiger charge is -2.06. The van der Waals surface area contributed by atoms with Crippen LogP contribution < -0.4 is 16.0 Å². The molecule has 0 aromatic carbocycles. The van der Waals surface area contributed by atoms with Gasteiger partial charge in [0.05, 0.1) is 10.8 Å². The molecule has 0 radical (unpaired) electrons. The van der Waals surface area contributed by atoms with Gasteiger partial charge in [-0.05, 0) is 31.4 Å². The van der Waals surface area contributed by atoms with Crippen LogP contribution in [0.3, 0.4) is 0 Å². The number of nitrogens with zero attached hydrogens (tertiary/aromatic N) is 2. The van der Waals surface area contributed by atoms with E-state index in [9.17, 15) is 9.59 Å². The Hall–Kier alpha value is -1.65. The summed E-state index contributed by atoms with van der Waals surface area (Å²) in [6, 6.07) is 3.40. The van der Waals surface area contributed by atoms with Crippen LogP contribution in [-0.4, -0.2) is 33.9 Å². The van der Waals surface area contributed by atoms with E-state index < -0.39 is 0 Å². The molecule has 3 N–H and O–H groups in total. The molecule has 118 valence electrons. The van der Waals surface area contributed by atoms with Gasteiger partial charge in [0.25, 0.3) is 0 Å². The molecule has 2 rings (SSSR count). The molecule has 0 unspecified atom stereocenters. The molecule has 0 bridgehead atoms. The molecule has 2 aromatic heterocycles. The average molecular weight is 357 g/mol. The average Bonchev–Trinajstić information content (AvgIpc) is 3.07. The van der Waals surface area contributed by atoms with E-state index in [-0.39, 0.29) is 23.7 Å². The molecule has 3 amide bonds. The van der Waals surface area contributed by atoms with Crippen molar-refractivity contribution >= 4 is 56.5 Å². The van der Waals surface area contributed by atoms with Gasteiger partial charge in [0.2, 0.25) is 11.0 Å². The number of rotatable bonds is 6. The number of aromatic nitrogens is 2. The van der Waals surface area contributed by atoms with Crippen molar-refractivity contribution in [1.29, 1.82) is 0 Å². The third kappa shape index (κ3) is 5.62. The van der Waals surface area contributed by atoms with Crippen LogP contribution in [0.4, 0.5) is 14.9 Å². The summed E-state index contributed by atoms with van der Waals surface area (Å²) in [6.45, 7) is 3.81. The summed E-state index contributed by atoms with van der Waals surface area (Å²) in [7, 11) is 0. The highest BCUT2D eigenvalue weighted by Gasteiger charge is 2.11. The van der Waals surface area contributed by atoms with Crippen LogP contribution in [0.25, 0.3) is 0 Å². The van der Waals surface area contributed by atoms with Crippen molar-refractivity contribution in [2.24, 2.45) is 0 Å². The molecule has 0 aliphatic heterocycles. The molecule has 2 heterocycles. The zero-order valence-corrected chi connectivity index (χ0v) is 14.4. The first kappa shape index (κ1) is 16.7. The number of hydrogen-bond acceptors (Lipinski definition) is 7. The first-order valence-corrected chi connectivity index (χ1v) is 9.08. The lowest BCUT2D eigenvalue weighted by molar-refractivity contribution is -0.119. The van der Waals surface area contributed by atoms with Gasteiger partial charge in [-0.2, -0.15) is 0 Å². The topological polar surface area (TPSA) is 96.0 Å². The van der Waals surface area contributed by atoms with E-state index in [0.717, 1.165) is 5.00 Å². The van der Waals surface area contributed by atoms with Crippen molar-refractivity contribution < 1.29 is 9.59 Å². The maximum Gasteiger partial charge on any atom is 0.326 e. The second-order valence-corrected chi connectivity index (χ2v) is 7.59. The van der Waals surface area contributed by atoms with Gasteiger partial charge < -0.3 is 5.32 Å². The minimum atomic E-state index is -0.368. The monoisotopic (exact) mass is 357 g/mol. The summed E-state index contributed by atoms with van der Waals surface area (Å²) in [5, 5.41) is 18.9. The third-order valence-electron chi connectivity index (χ3n) is 2.16. The molecule has 0 spiro atoms. The van der Waals surface area contributed by atoms with Crippen molar-refractivity contribution in [3.05, 3.63) is 17.5 Å². The largest absolute Gasteiger partial charge is 0.353 e. The number of nitrogens with one attached hydrogen (secondary N) is 3. The maximum atomic E-state index is 11.7. The molecular formula is C12H15N5O2S3. The van der Waals surface area contributed by atoms with Crippen LogP contribution in [0.1, 0.15) is 13.8 Å². The zero-order chi connectivity index (χ0) is 15.9. The third-order valence-corrected chi connectivity index (χ3v) is 4.92. The Bertz CT molecular complexity index is 627. The van der Waals surface area contributed by atoms with Crippen molar-refractivity contribution in [2.75, 3.05) is 16.4 Å². The van der Waals surface area contributed by atoms with Crippen molar-refractivity contribution in [3.63, 3.8) is 0 Å². The molecule has 0 saturated heterocycles. The molecule has 2 aromatic rings. The van der Waals surface area contributed by atoms with Gasteiger partial charge in [-0.1, -0.05) is 23.1 Å². The Morgan fingerprint density at radius 1 is 1.32 bits per heavy atom. The minimum Gasteiger partial charge on any atom is -0.353 e. The molecule has 0 aliphatic carbocycles. The number of thiophene rings is 1. The Balaban J connectivity index is 1.78. The highest BCUT2D eigenvalue weighted by Crippen LogP contribution is 2.25. The summed E-state index contributed by atoms with van der Waals surface area (Å²) >= 11 is 3.94. The number of thioether (sulfide) groups is 1. The summed E-state index contributed by atoms with van der Waals surface area (Å²) in [6.07, 6.45) is 0. The van der Waals surface area contributed by atoms with Gasteiger partial charge in [0, 0.05) is 6.04 Å². The second-order valence-electron chi connectivity index (χ2n) is 4.44. The van der Waals surface area contributed by atoms with Crippen molar-refractivity contribution in [2.45, 2.75) is 24.2 Å². The number of amides is 3. The van der Waals surface area contributed by atoms with Crippen LogP contribution in [0.5, 0.6) is 0 Å². The number of urea groups is 1. The fourth-order valence-electron chi connectivity index (χ4n) is 1.40. The van der Waals surface area contributed by atoms with Crippen LogP contribution in [0.15, 0.2) is 21.9 Å². The van der Waals surface area contributed by atoms with Crippen molar-refractivity contribution in [1.82, 2.24) is 15.5 Å². The van der Waals surface area contributed by atoms with E-state index in [2.05, 4.69) is 26.1 Å². The van der Waals surface area contributed by atoms with E-state index in [1.165, 1.54) is 34.4 Å². The van der Waals surface area contributed by atoms with Crippen LogP contribution >= 0.6 is 34.4 Å². The Morgan fingerprint density at radius 2 is 2.14 bits per heavy atom. The minimum absolute atomic E-state index is 0.0554. The van der Waals surface area contributed by atoms with Crippen LogP contribution in [0, 0.1) is 0 Å². The Labute approximate surface area is 139 Å². The lowest BCUT2D eigenvalue weighted by Crippen LogP contribution is -2.31. The number of carbonyl (C=O) groups excluding carboxylic acids is 2. The molecule has 0 fully saturated rings. The predicted molar refractivity (Wildman–Crippen MR) is 90.9 cm³/mol. The van der Waals surface area contributed by atoms with Gasteiger partial charge in [-0.3, -0.25) is 15.4 Å². The highest BCUT2D eigenvalue weighted by atomic mass is 32.2. The van der Waals surface area contributed by atoms with Gasteiger partial charge >= 0.3 is 6.03 Å². The van der Waals surface area contributed by atoms with E-state index >= 15 is 0 Å². The molecule has 0 aliphatic rings. The summed E-state index contributed by atoms with van der Waals surface area (Å²) in [5.74, 6) is 0.217. The first-order valence-electron chi connectivity index (χ1n) is 6.40. The molecule has 7 nitrogen and oxygen atoms in total. The lowest BCUT2D eigenvalue weighted by atomic mass is 10.4. The van der Waals surface area contributed by atoms with Gasteiger partial charge in [-0.15, -0.1) is 21.5 Å². The molecular weight excluding hydrogens is 342 g/mol. The van der Waals surface area contributed by atoms with E-state index in [4.69, 9.17) is 0 Å². The Morgan fingerprint density at radius 3 is 2.82 bits per heavy atom. The van der Waals surface area contributed by atoms with E-state index in [0.29, 0.717) is 9.47 Å². The summed E-state index contributed by atoms with van der Waals surface area (Å²) in [5.41, 5.74) is 0. The smallest absolute Gasteiger partial charge is 0.326 e. The van der Waals surface area contributed by atoms with Crippen LogP contribution in [0.2, 0.25) is 0 Å². The second kappa shape index (κ2) is 8.11. The predicted octanol–water partition coefficient (Wildman–Crippen LogP) is 2.86. The number of anilines is 2. The van der Waals surface area contributed by atoms with Crippen molar-refractivity contribution in [3.8, 4) is 0 Å². The fraction of sp³-hybridized carbons (Fsp3) is 0.333. The van der Waals surface area contributed by atoms with Gasteiger partial charge in [0.15, 0.2) is 4.34 Å². The standard InChI is InChI=1S/C12H15N5O2S3/c1-7(2)13-8(18)6-21-12-17-16-11(22-12)15-10(19)14-9-4-3-5-20-9/h3-5,7H,6H2,1-2H3,(H,13,18)(H2,14,15,16,19). The van der Waals surface area contributed by atoms with Crippen LogP contribution in [-0.2, 0) is 4.79 Å². The first-order chi connectivity index (χ1) is 10.5. The quantitative estimate of drug-likeness (QED) is 0.546. The molecule has 0 saturated carbocycles. The van der Waals surface area contributed by atoms with E-state index in [1.807, 2.05) is 25.3 Å². The fourth-order valence-corrected chi connectivity index (χ4v) is 3.57. The summed E-state index contributed by atoms with van der Waals surface area (Å²) < 4.78 is 0.630. The number of hydrogen-bond donors (Lipinski definition) is 3. The normalized spacial score (nSPS) is 10.5. The molecule has 10 heteroatoms. The van der Waals surface area contributed by atoms with Gasteiger partial charge in [0.1, 0.15) is 0 Å². The number of carbonyl (C=O) groups is 2. The SMILES string of the molecule is CC(C)NC(=O)CSc1nnc(NC(=O)Nc2cccs2)s1.